The third kappa shape index (κ3) is 2.95. The first-order valence-electron chi connectivity index (χ1n) is 7.36. The Kier molecular flexibility index (Phi) is 3.52. The molecular weight excluding hydrogens is 232 g/mol. The SMILES string of the molecule is CCCC1CC1NCc1ccc2nc(C)ccc2c1. The summed E-state index contributed by atoms with van der Waals surface area (Å²) in [6.07, 6.45) is 4.05. The minimum absolute atomic E-state index is 0.756. The Bertz CT molecular complexity index is 576. The first-order chi connectivity index (χ1) is 9.26. The lowest BCUT2D eigenvalue weighted by Gasteiger charge is -2.06. The molecular formula is C17H22N2. The van der Waals surface area contributed by atoms with Crippen molar-refractivity contribution in [2.75, 3.05) is 0 Å². The van der Waals surface area contributed by atoms with Crippen LogP contribution in [0, 0.1) is 12.8 Å². The van der Waals surface area contributed by atoms with Crippen LogP contribution in [0.3, 0.4) is 0 Å². The van der Waals surface area contributed by atoms with E-state index in [1.54, 1.807) is 0 Å². The lowest BCUT2D eigenvalue weighted by molar-refractivity contribution is 0.599. The van der Waals surface area contributed by atoms with Gasteiger partial charge in [-0.2, -0.15) is 0 Å². The third-order valence-corrected chi connectivity index (χ3v) is 4.04. The molecule has 0 aliphatic heterocycles. The second kappa shape index (κ2) is 5.30. The maximum absolute atomic E-state index is 4.54. The first kappa shape index (κ1) is 12.6. The van der Waals surface area contributed by atoms with Crippen molar-refractivity contribution >= 4 is 10.9 Å². The number of aromatic nitrogens is 1. The summed E-state index contributed by atoms with van der Waals surface area (Å²) in [7, 11) is 0. The Morgan fingerprint density at radius 1 is 1.26 bits per heavy atom. The molecule has 1 fully saturated rings. The van der Waals surface area contributed by atoms with Gasteiger partial charge in [0.1, 0.15) is 0 Å². The third-order valence-electron chi connectivity index (χ3n) is 4.04. The average molecular weight is 254 g/mol. The number of hydrogen-bond donors (Lipinski definition) is 1. The van der Waals surface area contributed by atoms with Crippen LogP contribution >= 0.6 is 0 Å². The summed E-state index contributed by atoms with van der Waals surface area (Å²) in [6.45, 7) is 5.29. The Balaban J connectivity index is 1.64. The van der Waals surface area contributed by atoms with E-state index in [2.05, 4.69) is 47.6 Å². The van der Waals surface area contributed by atoms with Gasteiger partial charge in [0.25, 0.3) is 0 Å². The number of rotatable bonds is 5. The summed E-state index contributed by atoms with van der Waals surface area (Å²) in [4.78, 5) is 4.54. The molecule has 2 unspecified atom stereocenters. The van der Waals surface area contributed by atoms with Gasteiger partial charge in [-0.15, -0.1) is 0 Å². The fraction of sp³-hybridized carbons (Fsp3) is 0.471. The first-order valence-corrected chi connectivity index (χ1v) is 7.36. The number of aryl methyl sites for hydroxylation is 1. The Hall–Kier alpha value is -1.41. The van der Waals surface area contributed by atoms with Gasteiger partial charge in [-0.05, 0) is 49.4 Å². The fourth-order valence-electron chi connectivity index (χ4n) is 2.82. The van der Waals surface area contributed by atoms with Crippen LogP contribution in [0.4, 0.5) is 0 Å². The minimum atomic E-state index is 0.756. The van der Waals surface area contributed by atoms with E-state index >= 15 is 0 Å². The van der Waals surface area contributed by atoms with Crippen LogP contribution in [-0.2, 0) is 6.54 Å². The number of hydrogen-bond acceptors (Lipinski definition) is 2. The average Bonchev–Trinajstić information content (AvgIpc) is 3.15. The molecule has 3 rings (SSSR count). The summed E-state index contributed by atoms with van der Waals surface area (Å²) >= 11 is 0. The largest absolute Gasteiger partial charge is 0.310 e. The van der Waals surface area contributed by atoms with Gasteiger partial charge in [0.05, 0.1) is 5.52 Å². The monoisotopic (exact) mass is 254 g/mol. The molecule has 0 saturated heterocycles. The van der Waals surface area contributed by atoms with Crippen molar-refractivity contribution in [1.29, 1.82) is 0 Å². The molecule has 1 aromatic carbocycles. The van der Waals surface area contributed by atoms with Crippen LogP contribution in [0.1, 0.15) is 37.4 Å². The van der Waals surface area contributed by atoms with Crippen LogP contribution in [0.25, 0.3) is 10.9 Å². The number of pyridine rings is 1. The molecule has 0 bridgehead atoms. The highest BCUT2D eigenvalue weighted by Gasteiger charge is 2.35. The predicted molar refractivity (Wildman–Crippen MR) is 80.1 cm³/mol. The van der Waals surface area contributed by atoms with Crippen molar-refractivity contribution in [3.63, 3.8) is 0 Å². The minimum Gasteiger partial charge on any atom is -0.310 e. The van der Waals surface area contributed by atoms with Crippen molar-refractivity contribution in [2.24, 2.45) is 5.92 Å². The van der Waals surface area contributed by atoms with E-state index in [1.165, 1.54) is 30.2 Å². The highest BCUT2D eigenvalue weighted by atomic mass is 15.0. The number of nitrogens with one attached hydrogen (secondary N) is 1. The highest BCUT2D eigenvalue weighted by Crippen LogP contribution is 2.34. The standard InChI is InChI=1S/C17H22N2/c1-3-4-14-10-17(14)18-11-13-6-8-16-15(9-13)7-5-12(2)19-16/h5-9,14,17-18H,3-4,10-11H2,1-2H3. The van der Waals surface area contributed by atoms with E-state index in [9.17, 15) is 0 Å². The molecule has 1 saturated carbocycles. The normalized spacial score (nSPS) is 21.8. The molecule has 0 radical (unpaired) electrons. The summed E-state index contributed by atoms with van der Waals surface area (Å²) in [5.41, 5.74) is 3.54. The molecule has 0 spiro atoms. The Morgan fingerprint density at radius 2 is 2.16 bits per heavy atom. The summed E-state index contributed by atoms with van der Waals surface area (Å²) in [5, 5.41) is 4.90. The van der Waals surface area contributed by atoms with E-state index < -0.39 is 0 Å². The van der Waals surface area contributed by atoms with E-state index in [4.69, 9.17) is 0 Å². The van der Waals surface area contributed by atoms with Gasteiger partial charge < -0.3 is 5.32 Å². The van der Waals surface area contributed by atoms with Gasteiger partial charge in [0, 0.05) is 23.7 Å². The Labute approximate surface area is 115 Å². The number of nitrogens with zero attached hydrogens (tertiary/aromatic N) is 1. The van der Waals surface area contributed by atoms with Gasteiger partial charge in [0.2, 0.25) is 0 Å². The summed E-state index contributed by atoms with van der Waals surface area (Å²) < 4.78 is 0. The van der Waals surface area contributed by atoms with E-state index in [0.717, 1.165) is 29.7 Å². The maximum atomic E-state index is 4.54. The van der Waals surface area contributed by atoms with Crippen LogP contribution in [0.2, 0.25) is 0 Å². The molecule has 1 heterocycles. The van der Waals surface area contributed by atoms with E-state index in [1.807, 2.05) is 6.92 Å². The molecule has 2 heteroatoms. The van der Waals surface area contributed by atoms with Gasteiger partial charge in [-0.25, -0.2) is 0 Å². The Morgan fingerprint density at radius 3 is 3.00 bits per heavy atom. The predicted octanol–water partition coefficient (Wildman–Crippen LogP) is 3.82. The smallest absolute Gasteiger partial charge is 0.0705 e. The zero-order valence-corrected chi connectivity index (χ0v) is 11.8. The van der Waals surface area contributed by atoms with Crippen LogP contribution in [0.5, 0.6) is 0 Å². The van der Waals surface area contributed by atoms with Crippen LogP contribution in [-0.4, -0.2) is 11.0 Å². The number of benzene rings is 1. The summed E-state index contributed by atoms with van der Waals surface area (Å²) in [6, 6.07) is 11.6. The van der Waals surface area contributed by atoms with Gasteiger partial charge in [-0.3, -0.25) is 4.98 Å². The molecule has 100 valence electrons. The fourth-order valence-corrected chi connectivity index (χ4v) is 2.82. The molecule has 1 N–H and O–H groups in total. The molecule has 0 amide bonds. The topological polar surface area (TPSA) is 24.9 Å². The van der Waals surface area contributed by atoms with Gasteiger partial charge in [0.15, 0.2) is 0 Å². The number of fused-ring (bicyclic) bond motifs is 1. The quantitative estimate of drug-likeness (QED) is 0.877. The molecule has 2 aromatic rings. The van der Waals surface area contributed by atoms with Gasteiger partial charge in [-0.1, -0.05) is 25.5 Å². The van der Waals surface area contributed by atoms with Crippen LogP contribution in [0.15, 0.2) is 30.3 Å². The van der Waals surface area contributed by atoms with Crippen molar-refractivity contribution in [3.05, 3.63) is 41.6 Å². The maximum Gasteiger partial charge on any atom is 0.0705 e. The zero-order chi connectivity index (χ0) is 13.2. The molecule has 19 heavy (non-hydrogen) atoms. The highest BCUT2D eigenvalue weighted by molar-refractivity contribution is 5.79. The van der Waals surface area contributed by atoms with Crippen LogP contribution < -0.4 is 5.32 Å². The second-order valence-electron chi connectivity index (χ2n) is 5.75. The second-order valence-corrected chi connectivity index (χ2v) is 5.75. The van der Waals surface area contributed by atoms with Crippen molar-refractivity contribution in [3.8, 4) is 0 Å². The molecule has 1 aromatic heterocycles. The van der Waals surface area contributed by atoms with Crippen molar-refractivity contribution in [2.45, 2.75) is 45.7 Å². The van der Waals surface area contributed by atoms with Gasteiger partial charge >= 0.3 is 0 Å². The lowest BCUT2D eigenvalue weighted by atomic mass is 10.1. The summed E-state index contributed by atoms with van der Waals surface area (Å²) in [5.74, 6) is 0.926. The van der Waals surface area contributed by atoms with Crippen molar-refractivity contribution in [1.82, 2.24) is 10.3 Å². The molecule has 2 atom stereocenters. The van der Waals surface area contributed by atoms with E-state index in [-0.39, 0.29) is 0 Å². The molecule has 2 nitrogen and oxygen atoms in total. The zero-order valence-electron chi connectivity index (χ0n) is 11.8. The lowest BCUT2D eigenvalue weighted by Crippen LogP contribution is -2.17. The molecule has 1 aliphatic rings. The van der Waals surface area contributed by atoms with Crippen molar-refractivity contribution < 1.29 is 0 Å². The molecule has 1 aliphatic carbocycles. The van der Waals surface area contributed by atoms with E-state index in [0.29, 0.717) is 0 Å².